The lowest BCUT2D eigenvalue weighted by Crippen LogP contribution is -2.44. The number of nitrogens with zero attached hydrogens (tertiary/aromatic N) is 1. The normalized spacial score (nSPS) is 20.3. The minimum atomic E-state index is -0.378. The van der Waals surface area contributed by atoms with E-state index in [9.17, 15) is 9.59 Å². The van der Waals surface area contributed by atoms with E-state index in [2.05, 4.69) is 34.5 Å². The van der Waals surface area contributed by atoms with Crippen molar-refractivity contribution in [1.82, 2.24) is 10.2 Å². The average molecular weight is 433 g/mol. The summed E-state index contributed by atoms with van der Waals surface area (Å²) in [5.74, 6) is 0.443. The van der Waals surface area contributed by atoms with Crippen LogP contribution in [0.15, 0.2) is 54.6 Å². The highest BCUT2D eigenvalue weighted by Crippen LogP contribution is 2.45. The van der Waals surface area contributed by atoms with Gasteiger partial charge in [0.1, 0.15) is 0 Å². The second-order valence-electron chi connectivity index (χ2n) is 8.81. The minimum Gasteiger partial charge on any atom is -0.354 e. The molecular formula is C26H28N2O2S. The molecular weight excluding hydrogens is 404 g/mol. The lowest BCUT2D eigenvalue weighted by molar-refractivity contribution is -0.136. The Hall–Kier alpha value is -2.66. The number of carbonyl (C=O) groups is 2. The van der Waals surface area contributed by atoms with Crippen LogP contribution in [0.25, 0.3) is 10.1 Å². The maximum absolute atomic E-state index is 13.9. The number of carbonyl (C=O) groups excluding carboxylic acids is 2. The molecule has 0 bridgehead atoms. The van der Waals surface area contributed by atoms with Crippen LogP contribution in [0.1, 0.15) is 58.8 Å². The summed E-state index contributed by atoms with van der Waals surface area (Å²) in [5.41, 5.74) is 1.90. The third-order valence-electron chi connectivity index (χ3n) is 7.14. The molecule has 2 aromatic carbocycles. The van der Waals surface area contributed by atoms with Gasteiger partial charge < -0.3 is 10.2 Å². The number of hydrogen-bond donors (Lipinski definition) is 1. The summed E-state index contributed by atoms with van der Waals surface area (Å²) in [6.45, 7) is 1.45. The van der Waals surface area contributed by atoms with Crippen molar-refractivity contribution < 1.29 is 9.59 Å². The van der Waals surface area contributed by atoms with Gasteiger partial charge in [0.05, 0.1) is 10.3 Å². The van der Waals surface area contributed by atoms with Crippen LogP contribution >= 0.6 is 11.3 Å². The van der Waals surface area contributed by atoms with E-state index in [1.807, 2.05) is 30.3 Å². The third-order valence-corrected chi connectivity index (χ3v) is 8.33. The van der Waals surface area contributed by atoms with E-state index in [-0.39, 0.29) is 23.1 Å². The van der Waals surface area contributed by atoms with Crippen molar-refractivity contribution >= 4 is 33.2 Å². The Labute approximate surface area is 187 Å². The van der Waals surface area contributed by atoms with Crippen LogP contribution in [0.5, 0.6) is 0 Å². The lowest BCUT2D eigenvalue weighted by Gasteiger charge is -2.33. The smallest absolute Gasteiger partial charge is 0.261 e. The van der Waals surface area contributed by atoms with Gasteiger partial charge in [-0.2, -0.15) is 0 Å². The Balaban J connectivity index is 1.47. The highest BCUT2D eigenvalue weighted by molar-refractivity contribution is 7.21. The van der Waals surface area contributed by atoms with Gasteiger partial charge in [0.25, 0.3) is 5.91 Å². The van der Waals surface area contributed by atoms with Crippen LogP contribution in [-0.2, 0) is 10.2 Å². The van der Waals surface area contributed by atoms with Gasteiger partial charge in [0, 0.05) is 30.8 Å². The van der Waals surface area contributed by atoms with Gasteiger partial charge in [-0.3, -0.25) is 9.59 Å². The van der Waals surface area contributed by atoms with E-state index in [4.69, 9.17) is 0 Å². The van der Waals surface area contributed by atoms with Gasteiger partial charge in [-0.25, -0.2) is 0 Å². The molecule has 1 saturated heterocycles. The summed E-state index contributed by atoms with van der Waals surface area (Å²) < 4.78 is 1.14. The SMILES string of the molecule is CNC(=O)c1sc2ccccc2c1[C@@H]1CCN(C(=O)C2(c3ccccc3)CCCC2)C1. The van der Waals surface area contributed by atoms with Crippen LogP contribution in [-0.4, -0.2) is 36.9 Å². The molecule has 160 valence electrons. The van der Waals surface area contributed by atoms with Crippen LogP contribution in [0.4, 0.5) is 0 Å². The maximum Gasteiger partial charge on any atom is 0.261 e. The fraction of sp³-hybridized carbons (Fsp3) is 0.385. The zero-order chi connectivity index (χ0) is 21.4. The van der Waals surface area contributed by atoms with E-state index < -0.39 is 0 Å². The van der Waals surface area contributed by atoms with Crippen molar-refractivity contribution in [3.05, 3.63) is 70.6 Å². The van der Waals surface area contributed by atoms with Gasteiger partial charge in [-0.15, -0.1) is 11.3 Å². The molecule has 1 atom stereocenters. The van der Waals surface area contributed by atoms with E-state index >= 15 is 0 Å². The molecule has 0 radical (unpaired) electrons. The predicted octanol–water partition coefficient (Wildman–Crippen LogP) is 5.09. The first-order valence-electron chi connectivity index (χ1n) is 11.2. The molecule has 1 N–H and O–H groups in total. The molecule has 31 heavy (non-hydrogen) atoms. The zero-order valence-corrected chi connectivity index (χ0v) is 18.7. The Kier molecular flexibility index (Phi) is 5.30. The van der Waals surface area contributed by atoms with E-state index in [0.29, 0.717) is 6.54 Å². The number of thiophene rings is 1. The van der Waals surface area contributed by atoms with Crippen molar-refractivity contribution in [2.45, 2.75) is 43.4 Å². The molecule has 0 unspecified atom stereocenters. The fourth-order valence-corrected chi connectivity index (χ4v) is 6.83. The standard InChI is InChI=1S/C26H28N2O2S/c1-27-24(29)23-22(20-11-5-6-12-21(20)31-23)18-13-16-28(17-18)25(30)26(14-7-8-15-26)19-9-3-2-4-10-19/h2-6,9-12,18H,7-8,13-17H2,1H3,(H,27,29)/t18-/m1/s1. The minimum absolute atomic E-state index is 0.0301. The number of likely N-dealkylation sites (tertiary alicyclic amines) is 1. The Bertz CT molecular complexity index is 1110. The number of hydrogen-bond acceptors (Lipinski definition) is 3. The van der Waals surface area contributed by atoms with E-state index in [1.165, 1.54) is 0 Å². The quantitative estimate of drug-likeness (QED) is 0.624. The highest BCUT2D eigenvalue weighted by atomic mass is 32.1. The van der Waals surface area contributed by atoms with Crippen molar-refractivity contribution in [2.75, 3.05) is 20.1 Å². The van der Waals surface area contributed by atoms with Gasteiger partial charge in [-0.1, -0.05) is 61.4 Å². The zero-order valence-electron chi connectivity index (χ0n) is 17.9. The molecule has 2 fully saturated rings. The average Bonchev–Trinajstić information content (AvgIpc) is 3.57. The van der Waals surface area contributed by atoms with Gasteiger partial charge in [0.15, 0.2) is 0 Å². The summed E-state index contributed by atoms with van der Waals surface area (Å²) in [4.78, 5) is 29.4. The van der Waals surface area contributed by atoms with Crippen molar-refractivity contribution in [2.24, 2.45) is 0 Å². The number of nitrogens with one attached hydrogen (secondary N) is 1. The number of rotatable bonds is 4. The topological polar surface area (TPSA) is 49.4 Å². The van der Waals surface area contributed by atoms with Crippen molar-refractivity contribution in [3.63, 3.8) is 0 Å². The third kappa shape index (κ3) is 3.35. The first-order chi connectivity index (χ1) is 15.1. The second kappa shape index (κ2) is 8.12. The molecule has 1 aliphatic heterocycles. The van der Waals surface area contributed by atoms with Gasteiger partial charge in [0.2, 0.25) is 5.91 Å². The molecule has 2 amide bonds. The molecule has 5 rings (SSSR count). The van der Waals surface area contributed by atoms with Crippen molar-refractivity contribution in [3.8, 4) is 0 Å². The molecule has 2 aliphatic rings. The summed E-state index contributed by atoms with van der Waals surface area (Å²) in [6.07, 6.45) is 4.98. The fourth-order valence-electron chi connectivity index (χ4n) is 5.60. The van der Waals surface area contributed by atoms with Crippen LogP contribution in [0.3, 0.4) is 0 Å². The van der Waals surface area contributed by atoms with E-state index in [1.54, 1.807) is 18.4 Å². The summed E-state index contributed by atoms with van der Waals surface area (Å²) >= 11 is 1.56. The first kappa shape index (κ1) is 20.3. The second-order valence-corrected chi connectivity index (χ2v) is 9.86. The Morgan fingerprint density at radius 3 is 2.48 bits per heavy atom. The molecule has 1 aliphatic carbocycles. The van der Waals surface area contributed by atoms with Gasteiger partial charge in [-0.05, 0) is 41.8 Å². The summed E-state index contributed by atoms with van der Waals surface area (Å²) in [5, 5.41) is 3.96. The van der Waals surface area contributed by atoms with Gasteiger partial charge >= 0.3 is 0 Å². The number of amides is 2. The highest BCUT2D eigenvalue weighted by Gasteiger charge is 2.46. The molecule has 5 heteroatoms. The summed E-state index contributed by atoms with van der Waals surface area (Å²) in [7, 11) is 1.69. The monoisotopic (exact) mass is 432 g/mol. The van der Waals surface area contributed by atoms with Crippen LogP contribution in [0.2, 0.25) is 0 Å². The first-order valence-corrected chi connectivity index (χ1v) is 12.0. The maximum atomic E-state index is 13.9. The molecule has 4 nitrogen and oxygen atoms in total. The Morgan fingerprint density at radius 1 is 1.03 bits per heavy atom. The molecule has 1 aromatic heterocycles. The molecule has 2 heterocycles. The molecule has 0 spiro atoms. The predicted molar refractivity (Wildman–Crippen MR) is 126 cm³/mol. The largest absolute Gasteiger partial charge is 0.354 e. The van der Waals surface area contributed by atoms with Crippen LogP contribution < -0.4 is 5.32 Å². The molecule has 1 saturated carbocycles. The van der Waals surface area contributed by atoms with Crippen LogP contribution in [0, 0.1) is 0 Å². The number of fused-ring (bicyclic) bond motifs is 1. The lowest BCUT2D eigenvalue weighted by atomic mass is 9.77. The van der Waals surface area contributed by atoms with Crippen molar-refractivity contribution in [1.29, 1.82) is 0 Å². The summed E-state index contributed by atoms with van der Waals surface area (Å²) in [6, 6.07) is 18.6. The van der Waals surface area contributed by atoms with E-state index in [0.717, 1.165) is 64.7 Å². The number of benzene rings is 2. The molecule has 3 aromatic rings. The Morgan fingerprint density at radius 2 is 1.74 bits per heavy atom.